The number of hydrogen-bond donors (Lipinski definition) is 1. The zero-order valence-electron chi connectivity index (χ0n) is 11.7. The Hall–Kier alpha value is -2.26. The van der Waals surface area contributed by atoms with E-state index in [1.165, 1.54) is 0 Å². The molecule has 1 amide bonds. The molecule has 0 aliphatic heterocycles. The van der Waals surface area contributed by atoms with Crippen molar-refractivity contribution in [2.75, 3.05) is 5.32 Å². The first-order chi connectivity index (χ1) is 10.1. The summed E-state index contributed by atoms with van der Waals surface area (Å²) in [5.41, 5.74) is 3.24. The maximum Gasteiger partial charge on any atom is 0.291 e. The lowest BCUT2D eigenvalue weighted by Gasteiger charge is -2.05. The Kier molecular flexibility index (Phi) is 3.43. The quantitative estimate of drug-likeness (QED) is 0.727. The smallest absolute Gasteiger partial charge is 0.291 e. The van der Waals surface area contributed by atoms with Gasteiger partial charge < -0.3 is 9.73 Å². The molecule has 0 aliphatic rings. The van der Waals surface area contributed by atoms with Crippen LogP contribution in [-0.2, 0) is 0 Å². The Morgan fingerprint density at radius 1 is 1.14 bits per heavy atom. The third-order valence-corrected chi connectivity index (χ3v) is 3.75. The molecular formula is C17H14ClNO2. The summed E-state index contributed by atoms with van der Waals surface area (Å²) >= 11 is 6.05. The molecule has 0 saturated carbocycles. The largest absolute Gasteiger partial charge is 0.451 e. The van der Waals surface area contributed by atoms with Crippen molar-refractivity contribution in [3.05, 3.63) is 64.4 Å². The molecule has 1 N–H and O–H groups in total. The van der Waals surface area contributed by atoms with Crippen LogP contribution >= 0.6 is 11.6 Å². The van der Waals surface area contributed by atoms with E-state index < -0.39 is 0 Å². The van der Waals surface area contributed by atoms with E-state index in [4.69, 9.17) is 16.0 Å². The molecule has 3 nitrogen and oxygen atoms in total. The second kappa shape index (κ2) is 5.26. The monoisotopic (exact) mass is 299 g/mol. The zero-order valence-corrected chi connectivity index (χ0v) is 12.5. The molecule has 1 heterocycles. The van der Waals surface area contributed by atoms with E-state index in [1.807, 2.05) is 44.2 Å². The Morgan fingerprint density at radius 2 is 1.90 bits per heavy atom. The van der Waals surface area contributed by atoms with Crippen LogP contribution in [0.2, 0.25) is 5.02 Å². The highest BCUT2D eigenvalue weighted by atomic mass is 35.5. The summed E-state index contributed by atoms with van der Waals surface area (Å²) in [7, 11) is 0. The van der Waals surface area contributed by atoms with Crippen molar-refractivity contribution in [3.63, 3.8) is 0 Å². The molecule has 106 valence electrons. The molecular weight excluding hydrogens is 286 g/mol. The van der Waals surface area contributed by atoms with Gasteiger partial charge in [0.15, 0.2) is 5.76 Å². The molecule has 0 bridgehead atoms. The number of amides is 1. The second-order valence-corrected chi connectivity index (χ2v) is 5.40. The molecule has 3 aromatic rings. The number of carbonyl (C=O) groups is 1. The van der Waals surface area contributed by atoms with Crippen molar-refractivity contribution in [3.8, 4) is 0 Å². The van der Waals surface area contributed by atoms with E-state index in [9.17, 15) is 4.79 Å². The molecule has 4 heteroatoms. The standard InChI is InChI=1S/C17H14ClNO2/c1-10-7-8-15-12(9-10)11(2)16(21-15)17(20)19-14-6-4-3-5-13(14)18/h3-9H,1-2H3,(H,19,20). The van der Waals surface area contributed by atoms with Crippen molar-refractivity contribution in [1.29, 1.82) is 0 Å². The van der Waals surface area contributed by atoms with Crippen LogP contribution in [0.5, 0.6) is 0 Å². The van der Waals surface area contributed by atoms with Gasteiger partial charge in [0.05, 0.1) is 10.7 Å². The molecule has 2 aromatic carbocycles. The van der Waals surface area contributed by atoms with Crippen molar-refractivity contribution in [1.82, 2.24) is 0 Å². The van der Waals surface area contributed by atoms with Gasteiger partial charge in [-0.05, 0) is 38.1 Å². The molecule has 0 saturated heterocycles. The van der Waals surface area contributed by atoms with E-state index in [1.54, 1.807) is 12.1 Å². The van der Waals surface area contributed by atoms with Gasteiger partial charge in [0, 0.05) is 10.9 Å². The Balaban J connectivity index is 1.99. The third-order valence-electron chi connectivity index (χ3n) is 3.42. The van der Waals surface area contributed by atoms with Crippen molar-refractivity contribution < 1.29 is 9.21 Å². The summed E-state index contributed by atoms with van der Waals surface area (Å²) in [4.78, 5) is 12.4. The molecule has 3 rings (SSSR count). The number of carbonyl (C=O) groups excluding carboxylic acids is 1. The maximum absolute atomic E-state index is 12.4. The predicted molar refractivity (Wildman–Crippen MR) is 85.1 cm³/mol. The average molecular weight is 300 g/mol. The summed E-state index contributed by atoms with van der Waals surface area (Å²) in [5.74, 6) is 0.0185. The lowest BCUT2D eigenvalue weighted by molar-refractivity contribution is 0.0998. The van der Waals surface area contributed by atoms with E-state index in [2.05, 4.69) is 5.32 Å². The van der Waals surface area contributed by atoms with Crippen LogP contribution in [-0.4, -0.2) is 5.91 Å². The number of rotatable bonds is 2. The summed E-state index contributed by atoms with van der Waals surface area (Å²) in [6, 6.07) is 13.0. The fourth-order valence-electron chi connectivity index (χ4n) is 2.29. The van der Waals surface area contributed by atoms with E-state index in [0.717, 1.165) is 16.5 Å². The Labute approximate surface area is 127 Å². The predicted octanol–water partition coefficient (Wildman–Crippen LogP) is 4.96. The highest BCUT2D eigenvalue weighted by Gasteiger charge is 2.18. The van der Waals surface area contributed by atoms with Gasteiger partial charge >= 0.3 is 0 Å². The number of anilines is 1. The number of para-hydroxylation sites is 1. The van der Waals surface area contributed by atoms with Crippen LogP contribution in [0.15, 0.2) is 46.9 Å². The first-order valence-electron chi connectivity index (χ1n) is 6.62. The number of nitrogens with one attached hydrogen (secondary N) is 1. The molecule has 0 radical (unpaired) electrons. The number of benzene rings is 2. The van der Waals surface area contributed by atoms with E-state index in [-0.39, 0.29) is 5.91 Å². The zero-order chi connectivity index (χ0) is 15.0. The maximum atomic E-state index is 12.4. The molecule has 0 aliphatic carbocycles. The van der Waals surface area contributed by atoms with Gasteiger partial charge in [-0.3, -0.25) is 4.79 Å². The summed E-state index contributed by atoms with van der Waals surface area (Å²) in [6.07, 6.45) is 0. The summed E-state index contributed by atoms with van der Waals surface area (Å²) in [6.45, 7) is 3.89. The van der Waals surface area contributed by atoms with Gasteiger partial charge in [-0.2, -0.15) is 0 Å². The molecule has 21 heavy (non-hydrogen) atoms. The number of furan rings is 1. The summed E-state index contributed by atoms with van der Waals surface area (Å²) < 4.78 is 5.67. The first-order valence-corrected chi connectivity index (χ1v) is 6.99. The fraction of sp³-hybridized carbons (Fsp3) is 0.118. The van der Waals surface area contributed by atoms with Crippen LogP contribution in [0.4, 0.5) is 5.69 Å². The highest BCUT2D eigenvalue weighted by molar-refractivity contribution is 6.33. The van der Waals surface area contributed by atoms with Gasteiger partial charge in [0.25, 0.3) is 5.91 Å². The van der Waals surface area contributed by atoms with Crippen molar-refractivity contribution in [2.45, 2.75) is 13.8 Å². The van der Waals surface area contributed by atoms with Crippen LogP contribution < -0.4 is 5.32 Å². The summed E-state index contributed by atoms with van der Waals surface area (Å²) in [5, 5.41) is 4.23. The minimum Gasteiger partial charge on any atom is -0.451 e. The fourth-order valence-corrected chi connectivity index (χ4v) is 2.48. The normalized spacial score (nSPS) is 10.8. The van der Waals surface area contributed by atoms with Crippen LogP contribution in [0.25, 0.3) is 11.0 Å². The first kappa shape index (κ1) is 13.7. The van der Waals surface area contributed by atoms with Gasteiger partial charge in [-0.25, -0.2) is 0 Å². The lowest BCUT2D eigenvalue weighted by atomic mass is 10.1. The lowest BCUT2D eigenvalue weighted by Crippen LogP contribution is -2.12. The minimum absolute atomic E-state index is 0.297. The van der Waals surface area contributed by atoms with E-state index in [0.29, 0.717) is 22.1 Å². The van der Waals surface area contributed by atoms with Crippen LogP contribution in [0.1, 0.15) is 21.7 Å². The number of halogens is 1. The van der Waals surface area contributed by atoms with Gasteiger partial charge in [-0.15, -0.1) is 0 Å². The van der Waals surface area contributed by atoms with Gasteiger partial charge in [0.1, 0.15) is 5.58 Å². The number of hydrogen-bond acceptors (Lipinski definition) is 2. The minimum atomic E-state index is -0.297. The topological polar surface area (TPSA) is 42.2 Å². The molecule has 0 unspecified atom stereocenters. The third kappa shape index (κ3) is 2.52. The SMILES string of the molecule is Cc1ccc2oc(C(=O)Nc3ccccc3Cl)c(C)c2c1. The van der Waals surface area contributed by atoms with Gasteiger partial charge in [0.2, 0.25) is 0 Å². The van der Waals surface area contributed by atoms with Crippen LogP contribution in [0, 0.1) is 13.8 Å². The number of aryl methyl sites for hydroxylation is 2. The van der Waals surface area contributed by atoms with Crippen LogP contribution in [0.3, 0.4) is 0 Å². The van der Waals surface area contributed by atoms with Gasteiger partial charge in [-0.1, -0.05) is 35.4 Å². The molecule has 0 atom stereocenters. The number of fused-ring (bicyclic) bond motifs is 1. The second-order valence-electron chi connectivity index (χ2n) is 4.99. The van der Waals surface area contributed by atoms with Crippen molar-refractivity contribution >= 4 is 34.2 Å². The molecule has 0 spiro atoms. The average Bonchev–Trinajstić information content (AvgIpc) is 2.79. The van der Waals surface area contributed by atoms with Crippen molar-refractivity contribution in [2.24, 2.45) is 0 Å². The van der Waals surface area contributed by atoms with E-state index >= 15 is 0 Å². The Bertz CT molecular complexity index is 836. The molecule has 0 fully saturated rings. The highest BCUT2D eigenvalue weighted by Crippen LogP contribution is 2.28. The molecule has 1 aromatic heterocycles. The Morgan fingerprint density at radius 3 is 2.67 bits per heavy atom.